The maximum Gasteiger partial charge on any atom is 0.130 e. The number of aryl methyl sites for hydroxylation is 2. The van der Waals surface area contributed by atoms with E-state index in [1.54, 1.807) is 19.3 Å². The molecule has 0 saturated heterocycles. The van der Waals surface area contributed by atoms with Gasteiger partial charge in [-0.15, -0.1) is 0 Å². The molecule has 2 aromatic rings. The third-order valence-electron chi connectivity index (χ3n) is 2.48. The molecule has 0 saturated carbocycles. The van der Waals surface area contributed by atoms with Crippen LogP contribution in [0, 0.1) is 0 Å². The summed E-state index contributed by atoms with van der Waals surface area (Å²) >= 11 is 0. The van der Waals surface area contributed by atoms with Crippen molar-refractivity contribution in [3.05, 3.63) is 24.3 Å². The first-order valence-electron chi connectivity index (χ1n) is 4.93. The van der Waals surface area contributed by atoms with E-state index >= 15 is 0 Å². The highest BCUT2D eigenvalue weighted by molar-refractivity contribution is 5.76. The molecule has 78 valence electrons. The first kappa shape index (κ1) is 9.83. The molecule has 15 heavy (non-hydrogen) atoms. The molecule has 0 bridgehead atoms. The van der Waals surface area contributed by atoms with Crippen molar-refractivity contribution in [1.29, 1.82) is 0 Å². The van der Waals surface area contributed by atoms with Gasteiger partial charge in [0.2, 0.25) is 0 Å². The number of carbonyl (C=O) groups excluding carboxylic acids is 1. The number of carbonyl (C=O) groups is 1. The van der Waals surface area contributed by atoms with E-state index in [2.05, 4.69) is 9.97 Å². The second-order valence-electron chi connectivity index (χ2n) is 3.65. The molecular weight excluding hydrogens is 190 g/mol. The van der Waals surface area contributed by atoms with E-state index in [4.69, 9.17) is 0 Å². The third kappa shape index (κ3) is 1.88. The molecule has 2 rings (SSSR count). The summed E-state index contributed by atoms with van der Waals surface area (Å²) in [4.78, 5) is 19.4. The lowest BCUT2D eigenvalue weighted by Crippen LogP contribution is -2.01. The highest BCUT2D eigenvalue weighted by Crippen LogP contribution is 2.13. The van der Waals surface area contributed by atoms with Gasteiger partial charge >= 0.3 is 0 Å². The van der Waals surface area contributed by atoms with Crippen LogP contribution in [-0.4, -0.2) is 20.3 Å². The Kier molecular flexibility index (Phi) is 2.49. The Bertz CT molecular complexity index is 502. The lowest BCUT2D eigenvalue weighted by molar-refractivity contribution is -0.117. The van der Waals surface area contributed by atoms with Gasteiger partial charge in [0.05, 0.1) is 17.2 Å². The molecule has 0 spiro atoms. The van der Waals surface area contributed by atoms with E-state index < -0.39 is 0 Å². The zero-order valence-electron chi connectivity index (χ0n) is 8.90. The second-order valence-corrected chi connectivity index (χ2v) is 3.65. The number of fused-ring (bicyclic) bond motifs is 1. The first-order chi connectivity index (χ1) is 7.18. The fourth-order valence-corrected chi connectivity index (χ4v) is 1.60. The number of hydrogen-bond acceptors (Lipinski definition) is 3. The van der Waals surface area contributed by atoms with Crippen molar-refractivity contribution in [2.45, 2.75) is 19.8 Å². The van der Waals surface area contributed by atoms with Crippen molar-refractivity contribution in [2.24, 2.45) is 7.05 Å². The van der Waals surface area contributed by atoms with Crippen molar-refractivity contribution in [2.75, 3.05) is 0 Å². The lowest BCUT2D eigenvalue weighted by atomic mass is 10.2. The molecular formula is C11H13N3O. The zero-order valence-corrected chi connectivity index (χ0v) is 8.90. The highest BCUT2D eigenvalue weighted by atomic mass is 16.1. The Morgan fingerprint density at radius 2 is 2.33 bits per heavy atom. The minimum atomic E-state index is 0.195. The minimum Gasteiger partial charge on any atom is -0.330 e. The molecule has 4 heteroatoms. The molecule has 0 aliphatic heterocycles. The number of pyridine rings is 1. The van der Waals surface area contributed by atoms with Crippen molar-refractivity contribution in [1.82, 2.24) is 14.5 Å². The van der Waals surface area contributed by atoms with Gasteiger partial charge in [0.15, 0.2) is 0 Å². The van der Waals surface area contributed by atoms with E-state index in [-0.39, 0.29) is 5.78 Å². The summed E-state index contributed by atoms with van der Waals surface area (Å²) in [7, 11) is 1.95. The van der Waals surface area contributed by atoms with Crippen LogP contribution >= 0.6 is 0 Å². The van der Waals surface area contributed by atoms with Gasteiger partial charge in [-0.05, 0) is 13.0 Å². The predicted octanol–water partition coefficient (Wildman–Crippen LogP) is 1.49. The summed E-state index contributed by atoms with van der Waals surface area (Å²) in [5, 5.41) is 0. The number of Topliss-reactive ketones (excluding diaryl/α,β-unsaturated/α-hetero) is 1. The molecule has 0 radical (unpaired) electrons. The molecule has 4 nitrogen and oxygen atoms in total. The number of hydrogen-bond donors (Lipinski definition) is 0. The van der Waals surface area contributed by atoms with Crippen LogP contribution in [0.25, 0.3) is 11.0 Å². The van der Waals surface area contributed by atoms with Crippen LogP contribution in [0.2, 0.25) is 0 Å². The zero-order chi connectivity index (χ0) is 10.8. The Labute approximate surface area is 88.0 Å². The van der Waals surface area contributed by atoms with Gasteiger partial charge in [-0.25, -0.2) is 4.98 Å². The molecule has 0 N–H and O–H groups in total. The van der Waals surface area contributed by atoms with Crippen LogP contribution in [0.15, 0.2) is 18.5 Å². The standard InChI is InChI=1S/C11H13N3O/c1-8(15)3-4-11-13-9-5-6-12-7-10(9)14(11)2/h5-7H,3-4H2,1-2H3. The summed E-state index contributed by atoms with van der Waals surface area (Å²) in [6.45, 7) is 1.60. The van der Waals surface area contributed by atoms with Gasteiger partial charge in [0.25, 0.3) is 0 Å². The molecule has 0 amide bonds. The Hall–Kier alpha value is -1.71. The van der Waals surface area contributed by atoms with Crippen LogP contribution in [0.1, 0.15) is 19.2 Å². The smallest absolute Gasteiger partial charge is 0.130 e. The van der Waals surface area contributed by atoms with Crippen molar-refractivity contribution in [3.63, 3.8) is 0 Å². The molecule has 0 fully saturated rings. The summed E-state index contributed by atoms with van der Waals surface area (Å²) < 4.78 is 1.99. The lowest BCUT2D eigenvalue weighted by Gasteiger charge is -1.99. The van der Waals surface area contributed by atoms with Crippen molar-refractivity contribution in [3.8, 4) is 0 Å². The van der Waals surface area contributed by atoms with Gasteiger partial charge < -0.3 is 9.36 Å². The van der Waals surface area contributed by atoms with Gasteiger partial charge in [-0.3, -0.25) is 4.98 Å². The SMILES string of the molecule is CC(=O)CCc1nc2ccncc2n1C. The number of rotatable bonds is 3. The van der Waals surface area contributed by atoms with Crippen LogP contribution in [0.3, 0.4) is 0 Å². The monoisotopic (exact) mass is 203 g/mol. The first-order valence-corrected chi connectivity index (χ1v) is 4.93. The molecule has 2 aromatic heterocycles. The number of aromatic nitrogens is 3. The van der Waals surface area contributed by atoms with Crippen molar-refractivity contribution >= 4 is 16.8 Å². The number of ketones is 1. The number of nitrogens with zero attached hydrogens (tertiary/aromatic N) is 3. The van der Waals surface area contributed by atoms with E-state index in [9.17, 15) is 4.79 Å². The van der Waals surface area contributed by atoms with Crippen LogP contribution < -0.4 is 0 Å². The quantitative estimate of drug-likeness (QED) is 0.759. The molecule has 0 aromatic carbocycles. The Balaban J connectivity index is 2.36. The van der Waals surface area contributed by atoms with E-state index in [1.165, 1.54) is 0 Å². The number of imidazole rings is 1. The molecule has 2 heterocycles. The van der Waals surface area contributed by atoms with Gasteiger partial charge in [-0.2, -0.15) is 0 Å². The fraction of sp³-hybridized carbons (Fsp3) is 0.364. The predicted molar refractivity (Wildman–Crippen MR) is 57.5 cm³/mol. The molecule has 0 aliphatic carbocycles. The summed E-state index contributed by atoms with van der Waals surface area (Å²) in [6, 6.07) is 1.88. The fourth-order valence-electron chi connectivity index (χ4n) is 1.60. The van der Waals surface area contributed by atoms with Crippen molar-refractivity contribution < 1.29 is 4.79 Å². The second kappa shape index (κ2) is 3.81. The third-order valence-corrected chi connectivity index (χ3v) is 2.48. The Morgan fingerprint density at radius 1 is 1.53 bits per heavy atom. The normalized spacial score (nSPS) is 10.8. The highest BCUT2D eigenvalue weighted by Gasteiger charge is 2.07. The molecule has 0 aliphatic rings. The van der Waals surface area contributed by atoms with Crippen LogP contribution in [0.4, 0.5) is 0 Å². The van der Waals surface area contributed by atoms with Gasteiger partial charge in [0.1, 0.15) is 11.6 Å². The molecule has 0 atom stereocenters. The average Bonchev–Trinajstić information content (AvgIpc) is 2.54. The Morgan fingerprint density at radius 3 is 3.00 bits per heavy atom. The van der Waals surface area contributed by atoms with Crippen LogP contribution in [-0.2, 0) is 18.3 Å². The summed E-state index contributed by atoms with van der Waals surface area (Å²) in [5.41, 5.74) is 1.95. The largest absolute Gasteiger partial charge is 0.330 e. The summed E-state index contributed by atoms with van der Waals surface area (Å²) in [6.07, 6.45) is 4.76. The molecule has 0 unspecified atom stereocenters. The maximum atomic E-state index is 10.9. The van der Waals surface area contributed by atoms with Gasteiger partial charge in [0, 0.05) is 26.1 Å². The van der Waals surface area contributed by atoms with E-state index in [0.29, 0.717) is 12.8 Å². The topological polar surface area (TPSA) is 47.8 Å². The average molecular weight is 203 g/mol. The van der Waals surface area contributed by atoms with E-state index in [0.717, 1.165) is 16.9 Å². The summed E-state index contributed by atoms with van der Waals surface area (Å²) in [5.74, 6) is 1.13. The van der Waals surface area contributed by atoms with E-state index in [1.807, 2.05) is 17.7 Å². The minimum absolute atomic E-state index is 0.195. The maximum absolute atomic E-state index is 10.9. The van der Waals surface area contributed by atoms with Crippen LogP contribution in [0.5, 0.6) is 0 Å². The van der Waals surface area contributed by atoms with Gasteiger partial charge in [-0.1, -0.05) is 0 Å².